The lowest BCUT2D eigenvalue weighted by Crippen LogP contribution is -2.01. The Labute approximate surface area is 109 Å². The van der Waals surface area contributed by atoms with Gasteiger partial charge < -0.3 is 9.84 Å². The van der Waals surface area contributed by atoms with Crippen LogP contribution in [0.25, 0.3) is 11.1 Å². The maximum absolute atomic E-state index is 11.4. The SMILES string of the molecule is COC(=O)c1cccc(-c2ccnc(C(=O)O)c2)c1. The Hall–Kier alpha value is -2.69. The molecule has 0 unspecified atom stereocenters. The first-order chi connectivity index (χ1) is 9.11. The quantitative estimate of drug-likeness (QED) is 0.853. The van der Waals surface area contributed by atoms with Crippen molar-refractivity contribution in [1.29, 1.82) is 0 Å². The molecule has 19 heavy (non-hydrogen) atoms. The summed E-state index contributed by atoms with van der Waals surface area (Å²) in [6.45, 7) is 0. The summed E-state index contributed by atoms with van der Waals surface area (Å²) in [6.07, 6.45) is 1.42. The molecule has 1 aromatic heterocycles. The maximum atomic E-state index is 11.4. The summed E-state index contributed by atoms with van der Waals surface area (Å²) < 4.78 is 4.64. The van der Waals surface area contributed by atoms with Gasteiger partial charge in [0, 0.05) is 6.20 Å². The van der Waals surface area contributed by atoms with Crippen LogP contribution in [0.3, 0.4) is 0 Å². The van der Waals surface area contributed by atoms with E-state index in [1.807, 2.05) is 0 Å². The lowest BCUT2D eigenvalue weighted by Gasteiger charge is -2.05. The summed E-state index contributed by atoms with van der Waals surface area (Å²) in [5.41, 5.74) is 1.78. The van der Waals surface area contributed by atoms with E-state index >= 15 is 0 Å². The maximum Gasteiger partial charge on any atom is 0.354 e. The minimum Gasteiger partial charge on any atom is -0.477 e. The van der Waals surface area contributed by atoms with Crippen LogP contribution >= 0.6 is 0 Å². The minimum absolute atomic E-state index is 0.0408. The minimum atomic E-state index is -1.09. The number of carbonyl (C=O) groups is 2. The first kappa shape index (κ1) is 12.8. The van der Waals surface area contributed by atoms with E-state index in [-0.39, 0.29) is 5.69 Å². The summed E-state index contributed by atoms with van der Waals surface area (Å²) in [6, 6.07) is 9.92. The topological polar surface area (TPSA) is 76.5 Å². The molecule has 2 rings (SSSR count). The lowest BCUT2D eigenvalue weighted by atomic mass is 10.0. The highest BCUT2D eigenvalue weighted by Gasteiger charge is 2.09. The van der Waals surface area contributed by atoms with Crippen LogP contribution < -0.4 is 0 Å². The third-order valence-corrected chi connectivity index (χ3v) is 2.60. The monoisotopic (exact) mass is 257 g/mol. The molecular weight excluding hydrogens is 246 g/mol. The molecule has 1 aromatic carbocycles. The number of carboxylic acids is 1. The van der Waals surface area contributed by atoms with Gasteiger partial charge in [0.05, 0.1) is 12.7 Å². The standard InChI is InChI=1S/C14H11NO4/c1-19-14(18)11-4-2-3-9(7-11)10-5-6-15-12(8-10)13(16)17/h2-8H,1H3,(H,16,17). The molecule has 0 spiro atoms. The fourth-order valence-corrected chi connectivity index (χ4v) is 1.67. The number of carboxylic acid groups (broad SMARTS) is 1. The van der Waals surface area contributed by atoms with Crippen molar-refractivity contribution >= 4 is 11.9 Å². The van der Waals surface area contributed by atoms with E-state index in [0.29, 0.717) is 11.1 Å². The second-order valence-corrected chi connectivity index (χ2v) is 3.81. The average molecular weight is 257 g/mol. The van der Waals surface area contributed by atoms with Gasteiger partial charge in [-0.3, -0.25) is 0 Å². The average Bonchev–Trinajstić information content (AvgIpc) is 2.46. The number of carbonyl (C=O) groups excluding carboxylic acids is 1. The molecule has 1 heterocycles. The van der Waals surface area contributed by atoms with Gasteiger partial charge in [-0.2, -0.15) is 0 Å². The Morgan fingerprint density at radius 2 is 1.89 bits per heavy atom. The van der Waals surface area contributed by atoms with E-state index in [1.165, 1.54) is 19.4 Å². The van der Waals surface area contributed by atoms with Crippen LogP contribution in [0.1, 0.15) is 20.8 Å². The number of esters is 1. The predicted molar refractivity (Wildman–Crippen MR) is 68.0 cm³/mol. The fraction of sp³-hybridized carbons (Fsp3) is 0.0714. The number of ether oxygens (including phenoxy) is 1. The Balaban J connectivity index is 2.44. The Morgan fingerprint density at radius 1 is 1.16 bits per heavy atom. The smallest absolute Gasteiger partial charge is 0.354 e. The number of aromatic nitrogens is 1. The fourth-order valence-electron chi connectivity index (χ4n) is 1.67. The molecule has 1 N–H and O–H groups in total. The van der Waals surface area contributed by atoms with Crippen molar-refractivity contribution in [3.8, 4) is 11.1 Å². The van der Waals surface area contributed by atoms with Crippen molar-refractivity contribution in [3.63, 3.8) is 0 Å². The molecule has 0 amide bonds. The van der Waals surface area contributed by atoms with Crippen molar-refractivity contribution in [3.05, 3.63) is 53.9 Å². The number of nitrogens with zero attached hydrogens (tertiary/aromatic N) is 1. The van der Waals surface area contributed by atoms with E-state index in [2.05, 4.69) is 9.72 Å². The van der Waals surface area contributed by atoms with E-state index in [1.54, 1.807) is 30.3 Å². The van der Waals surface area contributed by atoms with Gasteiger partial charge in [-0.1, -0.05) is 12.1 Å². The normalized spacial score (nSPS) is 9.95. The molecule has 0 bridgehead atoms. The molecule has 0 saturated heterocycles. The van der Waals surface area contributed by atoms with Crippen molar-refractivity contribution in [2.75, 3.05) is 7.11 Å². The molecule has 0 aliphatic carbocycles. The van der Waals surface area contributed by atoms with E-state index in [0.717, 1.165) is 5.56 Å². The first-order valence-electron chi connectivity index (χ1n) is 5.50. The van der Waals surface area contributed by atoms with Crippen molar-refractivity contribution < 1.29 is 19.4 Å². The van der Waals surface area contributed by atoms with Crippen LogP contribution in [-0.2, 0) is 4.74 Å². The highest BCUT2D eigenvalue weighted by Crippen LogP contribution is 2.21. The van der Waals surface area contributed by atoms with Crippen molar-refractivity contribution in [2.45, 2.75) is 0 Å². The summed E-state index contributed by atoms with van der Waals surface area (Å²) in [4.78, 5) is 26.1. The molecular formula is C14H11NO4. The number of rotatable bonds is 3. The third kappa shape index (κ3) is 2.77. The number of methoxy groups -OCH3 is 1. The zero-order valence-corrected chi connectivity index (χ0v) is 10.2. The summed E-state index contributed by atoms with van der Waals surface area (Å²) in [5.74, 6) is -1.53. The van der Waals surface area contributed by atoms with Gasteiger partial charge >= 0.3 is 11.9 Å². The largest absolute Gasteiger partial charge is 0.477 e. The van der Waals surface area contributed by atoms with Crippen LogP contribution in [0.2, 0.25) is 0 Å². The van der Waals surface area contributed by atoms with Gasteiger partial charge in [0.2, 0.25) is 0 Å². The van der Waals surface area contributed by atoms with Gasteiger partial charge in [0.25, 0.3) is 0 Å². The van der Waals surface area contributed by atoms with E-state index in [9.17, 15) is 9.59 Å². The lowest BCUT2D eigenvalue weighted by molar-refractivity contribution is 0.0599. The van der Waals surface area contributed by atoms with Gasteiger partial charge in [-0.15, -0.1) is 0 Å². The van der Waals surface area contributed by atoms with Crippen molar-refractivity contribution in [1.82, 2.24) is 4.98 Å². The summed E-state index contributed by atoms with van der Waals surface area (Å²) in [7, 11) is 1.31. The number of aromatic carboxylic acids is 1. The van der Waals surface area contributed by atoms with Crippen LogP contribution in [0.15, 0.2) is 42.6 Å². The molecule has 0 aliphatic rings. The first-order valence-corrected chi connectivity index (χ1v) is 5.50. The molecule has 96 valence electrons. The molecule has 0 fully saturated rings. The van der Waals surface area contributed by atoms with Crippen LogP contribution in [0.4, 0.5) is 0 Å². The zero-order chi connectivity index (χ0) is 13.8. The van der Waals surface area contributed by atoms with Gasteiger partial charge in [0.1, 0.15) is 5.69 Å². The number of hydrogen-bond donors (Lipinski definition) is 1. The molecule has 2 aromatic rings. The highest BCUT2D eigenvalue weighted by atomic mass is 16.5. The number of benzene rings is 1. The number of hydrogen-bond acceptors (Lipinski definition) is 4. The molecule has 0 radical (unpaired) electrons. The Bertz CT molecular complexity index is 637. The molecule has 0 aliphatic heterocycles. The second kappa shape index (κ2) is 5.30. The highest BCUT2D eigenvalue weighted by molar-refractivity contribution is 5.91. The van der Waals surface area contributed by atoms with Crippen LogP contribution in [0.5, 0.6) is 0 Å². The third-order valence-electron chi connectivity index (χ3n) is 2.60. The molecule has 0 atom stereocenters. The summed E-state index contributed by atoms with van der Waals surface area (Å²) in [5, 5.41) is 8.90. The Kier molecular flexibility index (Phi) is 3.56. The zero-order valence-electron chi connectivity index (χ0n) is 10.2. The molecule has 0 saturated carbocycles. The van der Waals surface area contributed by atoms with E-state index in [4.69, 9.17) is 5.11 Å². The molecule has 5 nitrogen and oxygen atoms in total. The molecule has 5 heteroatoms. The van der Waals surface area contributed by atoms with Gasteiger partial charge in [-0.05, 0) is 35.4 Å². The van der Waals surface area contributed by atoms with E-state index < -0.39 is 11.9 Å². The van der Waals surface area contributed by atoms with Crippen LogP contribution in [-0.4, -0.2) is 29.1 Å². The second-order valence-electron chi connectivity index (χ2n) is 3.81. The van der Waals surface area contributed by atoms with Crippen molar-refractivity contribution in [2.24, 2.45) is 0 Å². The Morgan fingerprint density at radius 3 is 2.58 bits per heavy atom. The predicted octanol–water partition coefficient (Wildman–Crippen LogP) is 2.23. The van der Waals surface area contributed by atoms with Gasteiger partial charge in [-0.25, -0.2) is 14.6 Å². The summed E-state index contributed by atoms with van der Waals surface area (Å²) >= 11 is 0. The number of pyridine rings is 1. The van der Waals surface area contributed by atoms with Crippen LogP contribution in [0, 0.1) is 0 Å². The van der Waals surface area contributed by atoms with Gasteiger partial charge in [0.15, 0.2) is 0 Å².